The highest BCUT2D eigenvalue weighted by Gasteiger charge is 2.33. The van der Waals surface area contributed by atoms with Crippen molar-refractivity contribution in [2.75, 3.05) is 37.6 Å². The minimum Gasteiger partial charge on any atom is -0.371 e. The number of alkyl halides is 3. The molecule has 2 saturated heterocycles. The van der Waals surface area contributed by atoms with E-state index in [1.807, 2.05) is 11.8 Å². The molecule has 0 saturated carbocycles. The van der Waals surface area contributed by atoms with E-state index < -0.39 is 18.0 Å². The molecule has 2 N–H and O–H groups in total. The zero-order valence-corrected chi connectivity index (χ0v) is 18.4. The third kappa shape index (κ3) is 5.15. The monoisotopic (exact) mass is 467 g/mol. The van der Waals surface area contributed by atoms with Gasteiger partial charge in [-0.05, 0) is 43.5 Å². The Morgan fingerprint density at radius 2 is 1.88 bits per heavy atom. The van der Waals surface area contributed by atoms with E-state index in [4.69, 9.17) is 0 Å². The van der Waals surface area contributed by atoms with Gasteiger partial charge >= 0.3 is 12.2 Å². The molecule has 0 bridgehead atoms. The Labute approximate surface area is 189 Å². The number of amides is 1. The highest BCUT2D eigenvalue weighted by atomic mass is 19.4. The van der Waals surface area contributed by atoms with Gasteiger partial charge in [-0.15, -0.1) is 0 Å². The third-order valence-corrected chi connectivity index (χ3v) is 6.28. The summed E-state index contributed by atoms with van der Waals surface area (Å²) < 4.78 is 41.0. The first-order valence-electron chi connectivity index (χ1n) is 11.0. The molecule has 0 radical (unpaired) electrons. The smallest absolute Gasteiger partial charge is 0.371 e. The van der Waals surface area contributed by atoms with E-state index in [0.717, 1.165) is 42.2 Å². The van der Waals surface area contributed by atoms with E-state index >= 15 is 0 Å². The van der Waals surface area contributed by atoms with Crippen molar-refractivity contribution < 1.29 is 28.2 Å². The highest BCUT2D eigenvalue weighted by Crippen LogP contribution is 2.35. The van der Waals surface area contributed by atoms with Crippen LogP contribution < -0.4 is 4.90 Å². The molecule has 2 aromatic rings. The van der Waals surface area contributed by atoms with Crippen molar-refractivity contribution in [1.29, 1.82) is 0 Å². The van der Waals surface area contributed by atoms with Gasteiger partial charge in [0.1, 0.15) is 5.69 Å². The topological polar surface area (TPSA) is 85.1 Å². The van der Waals surface area contributed by atoms with Crippen molar-refractivity contribution >= 4 is 11.7 Å². The van der Waals surface area contributed by atoms with Gasteiger partial charge in [0.05, 0.1) is 5.56 Å². The third-order valence-electron chi connectivity index (χ3n) is 6.28. The fourth-order valence-corrected chi connectivity index (χ4v) is 4.54. The number of benzene rings is 1. The van der Waals surface area contributed by atoms with Gasteiger partial charge in [0.15, 0.2) is 6.29 Å². The van der Waals surface area contributed by atoms with Crippen LogP contribution in [0.25, 0.3) is 0 Å². The number of halogens is 3. The fraction of sp³-hybridized carbons (Fsp3) is 0.545. The summed E-state index contributed by atoms with van der Waals surface area (Å²) in [5, 5.41) is 22.3. The summed E-state index contributed by atoms with van der Waals surface area (Å²) >= 11 is 0. The van der Waals surface area contributed by atoms with Crippen LogP contribution in [0.2, 0.25) is 0 Å². The molecule has 33 heavy (non-hydrogen) atoms. The minimum absolute atomic E-state index is 0.00798. The van der Waals surface area contributed by atoms with Crippen molar-refractivity contribution in [2.24, 2.45) is 0 Å². The number of anilines is 1. The van der Waals surface area contributed by atoms with Crippen LogP contribution in [0.5, 0.6) is 0 Å². The molecule has 1 aromatic heterocycles. The number of aliphatic hydroxyl groups is 2. The molecule has 0 spiro atoms. The van der Waals surface area contributed by atoms with Gasteiger partial charge in [0.2, 0.25) is 0 Å². The van der Waals surface area contributed by atoms with Crippen LogP contribution in [-0.2, 0) is 12.7 Å². The largest absolute Gasteiger partial charge is 0.416 e. The second-order valence-electron chi connectivity index (χ2n) is 8.65. The van der Waals surface area contributed by atoms with Gasteiger partial charge in [0.25, 0.3) is 0 Å². The zero-order chi connectivity index (χ0) is 23.8. The lowest BCUT2D eigenvalue weighted by molar-refractivity contribution is -0.137. The van der Waals surface area contributed by atoms with Crippen LogP contribution in [0.1, 0.15) is 42.9 Å². The number of piperazine rings is 1. The Bertz CT molecular complexity index is 988. The number of carbonyl (C=O) groups is 1. The van der Waals surface area contributed by atoms with Gasteiger partial charge in [0, 0.05) is 57.2 Å². The Hall–Kier alpha value is -2.63. The number of carbonyl (C=O) groups excluding carboxylic acids is 1. The first kappa shape index (κ1) is 23.5. The number of nitrogens with zero attached hydrogens (tertiary/aromatic N) is 5. The molecular weight excluding hydrogens is 439 g/mol. The Morgan fingerprint density at radius 3 is 2.48 bits per heavy atom. The van der Waals surface area contributed by atoms with Crippen molar-refractivity contribution in [1.82, 2.24) is 19.6 Å². The molecule has 0 unspecified atom stereocenters. The second-order valence-corrected chi connectivity index (χ2v) is 8.65. The summed E-state index contributed by atoms with van der Waals surface area (Å²) in [6, 6.07) is 4.83. The highest BCUT2D eigenvalue weighted by molar-refractivity contribution is 5.76. The molecule has 4 rings (SSSR count). The normalized spacial score (nSPS) is 20.2. The lowest BCUT2D eigenvalue weighted by atomic mass is 10.1. The van der Waals surface area contributed by atoms with Crippen molar-refractivity contribution in [3.8, 4) is 0 Å². The van der Waals surface area contributed by atoms with E-state index in [9.17, 15) is 28.2 Å². The standard InChI is InChI=1S/C22H28F3N5O3/c1-15-13-27(10-11-29(15)21(33)30-9-6-18(26-30)20(31)32)14-16-4-5-17(22(23,24)25)12-19(16)28-7-2-3-8-28/h4-6,9,12,15,20,31-32H,2-3,7-8,10-11,13-14H2,1H3/t15-/m0/s1. The summed E-state index contributed by atoms with van der Waals surface area (Å²) in [4.78, 5) is 18.6. The summed E-state index contributed by atoms with van der Waals surface area (Å²) in [5.41, 5.74) is 0.848. The molecule has 0 aliphatic carbocycles. The van der Waals surface area contributed by atoms with Gasteiger partial charge in [-0.2, -0.15) is 23.0 Å². The first-order valence-corrected chi connectivity index (χ1v) is 11.0. The predicted molar refractivity (Wildman–Crippen MR) is 115 cm³/mol. The molecule has 1 aromatic carbocycles. The van der Waals surface area contributed by atoms with Crippen LogP contribution in [0, 0.1) is 0 Å². The van der Waals surface area contributed by atoms with Gasteiger partial charge in [-0.25, -0.2) is 4.79 Å². The van der Waals surface area contributed by atoms with Crippen molar-refractivity contribution in [3.05, 3.63) is 47.3 Å². The lowest BCUT2D eigenvalue weighted by Crippen LogP contribution is -2.54. The summed E-state index contributed by atoms with van der Waals surface area (Å²) in [6.45, 7) is 5.46. The minimum atomic E-state index is -4.38. The fourth-order valence-electron chi connectivity index (χ4n) is 4.54. The SMILES string of the molecule is C[C@H]1CN(Cc2ccc(C(F)(F)F)cc2N2CCCC2)CCN1C(=O)n1ccc(C(O)O)n1. The molecule has 8 nitrogen and oxygen atoms in total. The maximum absolute atomic E-state index is 13.3. The molecular formula is C22H28F3N5O3. The molecule has 2 aliphatic rings. The maximum Gasteiger partial charge on any atom is 0.416 e. The Morgan fingerprint density at radius 1 is 1.15 bits per heavy atom. The van der Waals surface area contributed by atoms with Crippen LogP contribution >= 0.6 is 0 Å². The molecule has 2 aliphatic heterocycles. The number of hydrogen-bond donors (Lipinski definition) is 2. The van der Waals surface area contributed by atoms with Gasteiger partial charge in [-0.3, -0.25) is 4.90 Å². The Kier molecular flexibility index (Phi) is 6.64. The first-order chi connectivity index (χ1) is 15.6. The average Bonchev–Trinajstić information content (AvgIpc) is 3.45. The maximum atomic E-state index is 13.3. The Balaban J connectivity index is 1.46. The lowest BCUT2D eigenvalue weighted by Gasteiger charge is -2.40. The van der Waals surface area contributed by atoms with E-state index in [0.29, 0.717) is 31.9 Å². The van der Waals surface area contributed by atoms with Crippen LogP contribution in [0.15, 0.2) is 30.5 Å². The second kappa shape index (κ2) is 9.32. The quantitative estimate of drug-likeness (QED) is 0.673. The van der Waals surface area contributed by atoms with Crippen molar-refractivity contribution in [2.45, 2.75) is 44.8 Å². The summed E-state index contributed by atoms with van der Waals surface area (Å²) in [5.74, 6) is 0. The predicted octanol–water partition coefficient (Wildman–Crippen LogP) is 2.66. The van der Waals surface area contributed by atoms with Crippen LogP contribution in [-0.4, -0.2) is 74.6 Å². The van der Waals surface area contributed by atoms with Crippen molar-refractivity contribution in [3.63, 3.8) is 0 Å². The average molecular weight is 467 g/mol. The number of aromatic nitrogens is 2. The van der Waals surface area contributed by atoms with E-state index in [1.165, 1.54) is 18.3 Å². The molecule has 1 amide bonds. The summed E-state index contributed by atoms with van der Waals surface area (Å²) in [7, 11) is 0. The molecule has 11 heteroatoms. The van der Waals surface area contributed by atoms with E-state index in [2.05, 4.69) is 10.00 Å². The molecule has 180 valence electrons. The zero-order valence-electron chi connectivity index (χ0n) is 18.4. The van der Waals surface area contributed by atoms with E-state index in [1.54, 1.807) is 11.0 Å². The van der Waals surface area contributed by atoms with Crippen LogP contribution in [0.4, 0.5) is 23.7 Å². The van der Waals surface area contributed by atoms with Gasteiger partial charge in [-0.1, -0.05) is 6.07 Å². The number of aliphatic hydroxyl groups excluding tert-OH is 1. The van der Waals surface area contributed by atoms with Gasteiger partial charge < -0.3 is 20.0 Å². The molecule has 1 atom stereocenters. The molecule has 2 fully saturated rings. The number of rotatable bonds is 4. The van der Waals surface area contributed by atoms with E-state index in [-0.39, 0.29) is 17.8 Å². The number of hydrogen-bond acceptors (Lipinski definition) is 6. The van der Waals surface area contributed by atoms with Crippen LogP contribution in [0.3, 0.4) is 0 Å². The molecule has 3 heterocycles. The summed E-state index contributed by atoms with van der Waals surface area (Å²) in [6.07, 6.45) is -2.81.